The zero-order chi connectivity index (χ0) is 41.5. The Bertz CT molecular complexity index is 2240. The van der Waals surface area contributed by atoms with Crippen LogP contribution in [0.25, 0.3) is 33.3 Å². The number of nitrogens with one attached hydrogen (secondary N) is 1. The Kier molecular flexibility index (Phi) is 11.5. The van der Waals surface area contributed by atoms with E-state index in [1.165, 1.54) is 0 Å². The van der Waals surface area contributed by atoms with Crippen LogP contribution in [0.4, 0.5) is 8.78 Å². The third-order valence-corrected chi connectivity index (χ3v) is 12.2. The number of alkyl halides is 2. The van der Waals surface area contributed by atoms with E-state index in [0.29, 0.717) is 43.4 Å². The van der Waals surface area contributed by atoms with Crippen molar-refractivity contribution in [2.24, 2.45) is 28.3 Å². The van der Waals surface area contributed by atoms with Gasteiger partial charge in [0.15, 0.2) is 0 Å². The van der Waals surface area contributed by atoms with Gasteiger partial charge in [0.1, 0.15) is 11.8 Å². The molecule has 11 nitrogen and oxygen atoms in total. The molecule has 0 saturated heterocycles. The summed E-state index contributed by atoms with van der Waals surface area (Å²) in [5, 5.41) is 20.0. The minimum Gasteiger partial charge on any atom is -0.508 e. The number of cyclic esters (lactones) is 1. The lowest BCUT2D eigenvalue weighted by molar-refractivity contribution is -0.146. The van der Waals surface area contributed by atoms with E-state index in [-0.39, 0.29) is 50.2 Å². The van der Waals surface area contributed by atoms with Crippen LogP contribution < -0.4 is 5.32 Å². The number of hydrogen-bond donors (Lipinski definition) is 2. The number of methoxy groups -OCH3 is 1. The largest absolute Gasteiger partial charge is 0.508 e. The molecule has 2 fully saturated rings. The standard InChI is InChI=1S/C45H53F2N5O6/c1-7-51-37-16-13-28-23-33(37)34(41(51)32-11-10-17-49-40(32)26(2)57-6)24-44(3,4)25-58-38(54)12-8-9-18-52(48-5)43(56)36(21-27-19-29(28)22-30(53)20-27)50-42(55)31-14-15-35-39(31)45(35,46)47/h10-11,13,16-17,19-20,22-23,26,31,35-36,39,53H,5,7-9,12,14-15,18,21,24-25H2,1-4,6H3,(H,50,55)/t26-,31?,35?,36?,39?/m0/s1. The van der Waals surface area contributed by atoms with E-state index in [0.717, 1.165) is 44.0 Å². The third-order valence-electron chi connectivity index (χ3n) is 12.2. The van der Waals surface area contributed by atoms with Gasteiger partial charge in [-0.2, -0.15) is 5.10 Å². The van der Waals surface area contributed by atoms with Crippen LogP contribution in [0.5, 0.6) is 5.75 Å². The number of hydrazone groups is 1. The number of halogens is 2. The molecule has 2 saturated carbocycles. The van der Waals surface area contributed by atoms with E-state index in [2.05, 4.69) is 60.7 Å². The predicted octanol–water partition coefficient (Wildman–Crippen LogP) is 7.86. The Labute approximate surface area is 337 Å². The van der Waals surface area contributed by atoms with Gasteiger partial charge in [0.2, 0.25) is 5.91 Å². The maximum atomic E-state index is 14.4. The van der Waals surface area contributed by atoms with E-state index >= 15 is 0 Å². The number of carbonyl (C=O) groups is 3. The number of aromatic nitrogens is 2. The van der Waals surface area contributed by atoms with Gasteiger partial charge in [-0.05, 0) is 105 Å². The molecule has 3 aliphatic rings. The van der Waals surface area contributed by atoms with Gasteiger partial charge in [0.05, 0.1) is 24.1 Å². The summed E-state index contributed by atoms with van der Waals surface area (Å²) < 4.78 is 42.7. The number of aryl methyl sites for hydroxylation is 1. The topological polar surface area (TPSA) is 135 Å². The first kappa shape index (κ1) is 41.0. The van der Waals surface area contributed by atoms with E-state index in [1.54, 1.807) is 25.4 Å². The lowest BCUT2D eigenvalue weighted by Gasteiger charge is -2.26. The molecular weight excluding hydrogens is 745 g/mol. The van der Waals surface area contributed by atoms with Crippen LogP contribution in [0.2, 0.25) is 0 Å². The molecule has 4 unspecified atom stereocenters. The highest BCUT2D eigenvalue weighted by atomic mass is 19.3. The molecule has 0 radical (unpaired) electrons. The van der Waals surface area contributed by atoms with Crippen molar-refractivity contribution in [3.63, 3.8) is 0 Å². The molecule has 4 bridgehead atoms. The molecule has 308 valence electrons. The fourth-order valence-corrected chi connectivity index (χ4v) is 9.15. The molecule has 0 spiro atoms. The molecule has 5 atom stereocenters. The second-order valence-corrected chi connectivity index (χ2v) is 16.8. The fourth-order valence-electron chi connectivity index (χ4n) is 9.15. The number of rotatable bonds is 7. The number of benzene rings is 2. The average Bonchev–Trinajstić information content (AvgIpc) is 3.49. The van der Waals surface area contributed by atoms with Crippen molar-refractivity contribution >= 4 is 35.4 Å². The molecule has 7 rings (SSSR count). The molecule has 2 aromatic heterocycles. The quantitative estimate of drug-likeness (QED) is 0.144. The van der Waals surface area contributed by atoms with Crippen molar-refractivity contribution < 1.29 is 37.7 Å². The molecule has 2 N–H and O–H groups in total. The summed E-state index contributed by atoms with van der Waals surface area (Å²) in [7, 11) is 1.66. The van der Waals surface area contributed by atoms with Gasteiger partial charge in [-0.25, -0.2) is 13.8 Å². The van der Waals surface area contributed by atoms with Crippen molar-refractivity contribution in [3.05, 3.63) is 71.5 Å². The smallest absolute Gasteiger partial charge is 0.305 e. The number of phenols is 1. The Balaban J connectivity index is 1.34. The number of esters is 1. The molecule has 2 amide bonds. The summed E-state index contributed by atoms with van der Waals surface area (Å²) in [5.74, 6) is -7.18. The van der Waals surface area contributed by atoms with Crippen molar-refractivity contribution in [2.45, 2.75) is 97.3 Å². The minimum absolute atomic E-state index is 0.0363. The Morgan fingerprint density at radius 1 is 1.14 bits per heavy atom. The number of phenolic OH excluding ortho intramolecular Hbond substituents is 1. The monoisotopic (exact) mass is 797 g/mol. The summed E-state index contributed by atoms with van der Waals surface area (Å²) >= 11 is 0. The first-order chi connectivity index (χ1) is 27.7. The molecule has 2 aromatic carbocycles. The molecule has 3 heterocycles. The van der Waals surface area contributed by atoms with E-state index in [1.807, 2.05) is 25.1 Å². The SMILES string of the molecule is C=NN1CCCCC(=O)OCC(C)(C)Cc2c(-c3cccnc3[C@H](C)OC)n(CC)c3ccc(cc23)-c2cc(O)cc(c2)CC(NC(=O)C2CCC3C2C3(F)F)C1=O. The number of carbonyl (C=O) groups excluding carboxylic acids is 3. The van der Waals surface area contributed by atoms with Crippen LogP contribution in [-0.2, 0) is 43.2 Å². The van der Waals surface area contributed by atoms with Crippen LogP contribution in [0.3, 0.4) is 0 Å². The zero-order valence-corrected chi connectivity index (χ0v) is 33.9. The van der Waals surface area contributed by atoms with Gasteiger partial charge in [0, 0.05) is 85.6 Å². The molecule has 58 heavy (non-hydrogen) atoms. The maximum absolute atomic E-state index is 14.4. The van der Waals surface area contributed by atoms with Crippen molar-refractivity contribution in [1.82, 2.24) is 19.9 Å². The first-order valence-corrected chi connectivity index (χ1v) is 20.3. The fraction of sp³-hybridized carbons (Fsp3) is 0.489. The second kappa shape index (κ2) is 16.2. The van der Waals surface area contributed by atoms with Crippen molar-refractivity contribution in [3.8, 4) is 28.1 Å². The molecule has 4 aromatic rings. The summed E-state index contributed by atoms with van der Waals surface area (Å²) in [4.78, 5) is 45.6. The number of nitrogens with zero attached hydrogens (tertiary/aromatic N) is 4. The highest BCUT2D eigenvalue weighted by Gasteiger charge is 2.74. The second-order valence-electron chi connectivity index (χ2n) is 16.8. The van der Waals surface area contributed by atoms with E-state index in [9.17, 15) is 28.3 Å². The molecule has 13 heteroatoms. The number of amides is 2. The highest BCUT2D eigenvalue weighted by molar-refractivity contribution is 5.95. The normalized spacial score (nSPS) is 23.9. The number of pyridine rings is 1. The van der Waals surface area contributed by atoms with Gasteiger partial charge < -0.3 is 24.5 Å². The summed E-state index contributed by atoms with van der Waals surface area (Å²) in [6.07, 6.45) is 3.50. The summed E-state index contributed by atoms with van der Waals surface area (Å²) in [6.45, 7) is 12.7. The Morgan fingerprint density at radius 3 is 2.64 bits per heavy atom. The summed E-state index contributed by atoms with van der Waals surface area (Å²) in [6, 6.07) is 14.0. The van der Waals surface area contributed by atoms with Crippen LogP contribution in [-0.4, -0.2) is 76.4 Å². The van der Waals surface area contributed by atoms with Crippen LogP contribution in [0, 0.1) is 23.2 Å². The van der Waals surface area contributed by atoms with E-state index in [4.69, 9.17) is 14.5 Å². The number of ether oxygens (including phenoxy) is 2. The van der Waals surface area contributed by atoms with Crippen molar-refractivity contribution in [2.75, 3.05) is 20.3 Å². The first-order valence-electron chi connectivity index (χ1n) is 20.3. The van der Waals surface area contributed by atoms with Crippen LogP contribution in [0.15, 0.2) is 59.8 Å². The summed E-state index contributed by atoms with van der Waals surface area (Å²) in [5.41, 5.74) is 6.33. The molecule has 2 aliphatic carbocycles. The highest BCUT2D eigenvalue weighted by Crippen LogP contribution is 2.66. The predicted molar refractivity (Wildman–Crippen MR) is 217 cm³/mol. The number of hydrogen-bond acceptors (Lipinski definition) is 8. The van der Waals surface area contributed by atoms with Crippen LogP contribution in [0.1, 0.15) is 82.7 Å². The average molecular weight is 798 g/mol. The molecule has 1 aliphatic heterocycles. The van der Waals surface area contributed by atoms with Gasteiger partial charge >= 0.3 is 5.97 Å². The zero-order valence-electron chi connectivity index (χ0n) is 33.9. The minimum atomic E-state index is -2.88. The van der Waals surface area contributed by atoms with Gasteiger partial charge in [-0.3, -0.25) is 19.4 Å². The maximum Gasteiger partial charge on any atom is 0.305 e. The lowest BCUT2D eigenvalue weighted by Crippen LogP contribution is -2.50. The third kappa shape index (κ3) is 7.97. The van der Waals surface area contributed by atoms with Gasteiger partial charge in [-0.1, -0.05) is 26.0 Å². The van der Waals surface area contributed by atoms with Gasteiger partial charge in [-0.15, -0.1) is 0 Å². The van der Waals surface area contributed by atoms with Crippen molar-refractivity contribution in [1.29, 1.82) is 0 Å². The molecular formula is C45H53F2N5O6. The van der Waals surface area contributed by atoms with Crippen LogP contribution >= 0.6 is 0 Å². The Hall–Kier alpha value is -5.17. The lowest BCUT2D eigenvalue weighted by atomic mass is 9.84. The Morgan fingerprint density at radius 2 is 1.93 bits per heavy atom. The number of fused-ring (bicyclic) bond motifs is 5. The van der Waals surface area contributed by atoms with Gasteiger partial charge in [0.25, 0.3) is 11.8 Å². The number of aromatic hydroxyl groups is 1. The van der Waals surface area contributed by atoms with E-state index < -0.39 is 46.9 Å².